The van der Waals surface area contributed by atoms with Crippen molar-refractivity contribution in [2.75, 3.05) is 18.1 Å². The summed E-state index contributed by atoms with van der Waals surface area (Å²) in [6.45, 7) is 4.46. The third-order valence-corrected chi connectivity index (χ3v) is 5.25. The minimum atomic E-state index is 0.691. The molecule has 0 saturated carbocycles. The molecule has 5 heteroatoms. The smallest absolute Gasteiger partial charge is 0.143 e. The van der Waals surface area contributed by atoms with E-state index in [0.29, 0.717) is 5.92 Å². The molecule has 1 heterocycles. The van der Waals surface area contributed by atoms with Crippen LogP contribution < -0.4 is 5.32 Å². The van der Waals surface area contributed by atoms with E-state index in [1.807, 2.05) is 37.0 Å². The Morgan fingerprint density at radius 1 is 1.19 bits per heavy atom. The van der Waals surface area contributed by atoms with Gasteiger partial charge in [-0.1, -0.05) is 44.2 Å². The fourth-order valence-electron chi connectivity index (χ4n) is 1.90. The molecule has 0 saturated heterocycles. The lowest BCUT2D eigenvalue weighted by molar-refractivity contribution is 0.750. The van der Waals surface area contributed by atoms with E-state index in [0.717, 1.165) is 38.0 Å². The topological polar surface area (TPSA) is 37.8 Å². The number of halogens is 1. The molecule has 0 aliphatic rings. The van der Waals surface area contributed by atoms with Crippen molar-refractivity contribution < 1.29 is 0 Å². The third-order valence-electron chi connectivity index (χ3n) is 2.86. The lowest BCUT2D eigenvalue weighted by Crippen LogP contribution is -2.05. The van der Waals surface area contributed by atoms with Crippen LogP contribution >= 0.6 is 34.4 Å². The van der Waals surface area contributed by atoms with Crippen LogP contribution in [-0.4, -0.2) is 22.8 Å². The maximum atomic E-state index is 4.77. The summed E-state index contributed by atoms with van der Waals surface area (Å²) in [5.41, 5.74) is 2.15. The van der Waals surface area contributed by atoms with Gasteiger partial charge in [-0.2, -0.15) is 11.8 Å². The fourth-order valence-corrected chi connectivity index (χ4v) is 3.62. The van der Waals surface area contributed by atoms with Crippen LogP contribution in [0.15, 0.2) is 30.3 Å². The van der Waals surface area contributed by atoms with Gasteiger partial charge in [-0.25, -0.2) is 9.97 Å². The molecule has 0 aliphatic carbocycles. The van der Waals surface area contributed by atoms with Gasteiger partial charge in [-0.3, -0.25) is 0 Å². The number of hydrogen-bond donors (Lipinski definition) is 1. The van der Waals surface area contributed by atoms with Gasteiger partial charge in [-0.05, 0) is 34.3 Å². The normalized spacial score (nSPS) is 10.9. The van der Waals surface area contributed by atoms with Gasteiger partial charge in [0.05, 0.1) is 15.0 Å². The molecule has 112 valence electrons. The second-order valence-electron chi connectivity index (χ2n) is 5.18. The van der Waals surface area contributed by atoms with Crippen LogP contribution in [0.4, 0.5) is 5.82 Å². The van der Waals surface area contributed by atoms with Crippen LogP contribution in [0.2, 0.25) is 0 Å². The zero-order valence-corrected chi connectivity index (χ0v) is 15.5. The summed E-state index contributed by atoms with van der Waals surface area (Å²) in [7, 11) is 1.91. The van der Waals surface area contributed by atoms with E-state index in [-0.39, 0.29) is 0 Å². The minimum absolute atomic E-state index is 0.691. The standard InChI is InChI=1S/C16H20IN3S/c1-11(2)9-21-10-13-19-15(12-7-5-4-6-8-12)14(17)16(18-3)20-13/h4-8,11H,9-10H2,1-3H3,(H,18,19,20). The summed E-state index contributed by atoms with van der Waals surface area (Å²) in [5.74, 6) is 4.47. The SMILES string of the molecule is CNc1nc(CSCC(C)C)nc(-c2ccccc2)c1I. The highest BCUT2D eigenvalue weighted by molar-refractivity contribution is 14.1. The molecule has 21 heavy (non-hydrogen) atoms. The first-order valence-corrected chi connectivity index (χ1v) is 9.22. The molecule has 0 atom stereocenters. The van der Waals surface area contributed by atoms with Crippen molar-refractivity contribution in [3.05, 3.63) is 39.7 Å². The predicted octanol–water partition coefficient (Wildman–Crippen LogP) is 4.68. The molecular formula is C16H20IN3S. The van der Waals surface area contributed by atoms with Crippen LogP contribution in [0.25, 0.3) is 11.3 Å². The fraction of sp³-hybridized carbons (Fsp3) is 0.375. The number of nitrogens with one attached hydrogen (secondary N) is 1. The minimum Gasteiger partial charge on any atom is -0.372 e. The van der Waals surface area contributed by atoms with Gasteiger partial charge < -0.3 is 5.32 Å². The second-order valence-corrected chi connectivity index (χ2v) is 7.29. The van der Waals surface area contributed by atoms with Crippen molar-refractivity contribution in [2.45, 2.75) is 19.6 Å². The number of benzene rings is 1. The molecule has 1 aromatic carbocycles. The van der Waals surface area contributed by atoms with Gasteiger partial charge >= 0.3 is 0 Å². The lowest BCUT2D eigenvalue weighted by Gasteiger charge is -2.11. The average Bonchev–Trinajstić information content (AvgIpc) is 2.49. The molecule has 1 aromatic heterocycles. The molecule has 3 nitrogen and oxygen atoms in total. The summed E-state index contributed by atoms with van der Waals surface area (Å²) in [5, 5.41) is 3.18. The summed E-state index contributed by atoms with van der Waals surface area (Å²) < 4.78 is 1.07. The summed E-state index contributed by atoms with van der Waals surface area (Å²) in [4.78, 5) is 9.39. The Labute approximate surface area is 144 Å². The zero-order valence-electron chi connectivity index (χ0n) is 12.6. The van der Waals surface area contributed by atoms with Gasteiger partial charge in [0.1, 0.15) is 11.6 Å². The van der Waals surface area contributed by atoms with Crippen molar-refractivity contribution in [1.29, 1.82) is 0 Å². The number of thioether (sulfide) groups is 1. The molecule has 0 unspecified atom stereocenters. The van der Waals surface area contributed by atoms with Crippen LogP contribution in [0.3, 0.4) is 0 Å². The Balaban J connectivity index is 2.31. The Kier molecular flexibility index (Phi) is 6.29. The van der Waals surface area contributed by atoms with Gasteiger partial charge in [0, 0.05) is 12.6 Å². The molecule has 0 aliphatic heterocycles. The van der Waals surface area contributed by atoms with Crippen LogP contribution in [0, 0.1) is 9.49 Å². The van der Waals surface area contributed by atoms with Gasteiger partial charge in [0.2, 0.25) is 0 Å². The number of nitrogens with zero attached hydrogens (tertiary/aromatic N) is 2. The quantitative estimate of drug-likeness (QED) is 0.698. The van der Waals surface area contributed by atoms with Gasteiger partial charge in [0.15, 0.2) is 0 Å². The Hall–Kier alpha value is -0.820. The van der Waals surface area contributed by atoms with E-state index in [4.69, 9.17) is 4.98 Å². The summed E-state index contributed by atoms with van der Waals surface area (Å²) in [6.07, 6.45) is 0. The van der Waals surface area contributed by atoms with E-state index in [2.05, 4.69) is 58.9 Å². The van der Waals surface area contributed by atoms with Crippen LogP contribution in [0.1, 0.15) is 19.7 Å². The van der Waals surface area contributed by atoms with E-state index >= 15 is 0 Å². The van der Waals surface area contributed by atoms with Crippen molar-refractivity contribution in [3.63, 3.8) is 0 Å². The molecular weight excluding hydrogens is 393 g/mol. The summed E-state index contributed by atoms with van der Waals surface area (Å²) in [6, 6.07) is 10.3. The highest BCUT2D eigenvalue weighted by Crippen LogP contribution is 2.28. The highest BCUT2D eigenvalue weighted by Gasteiger charge is 2.13. The molecule has 0 spiro atoms. The van der Waals surface area contributed by atoms with Gasteiger partial charge in [-0.15, -0.1) is 0 Å². The van der Waals surface area contributed by atoms with E-state index in [1.54, 1.807) is 0 Å². The first-order chi connectivity index (χ1) is 10.1. The maximum absolute atomic E-state index is 4.77. The largest absolute Gasteiger partial charge is 0.372 e. The molecule has 2 rings (SSSR count). The highest BCUT2D eigenvalue weighted by atomic mass is 127. The van der Waals surface area contributed by atoms with Crippen LogP contribution in [0.5, 0.6) is 0 Å². The zero-order chi connectivity index (χ0) is 15.2. The van der Waals surface area contributed by atoms with Crippen molar-refractivity contribution >= 4 is 40.2 Å². The molecule has 0 bridgehead atoms. The maximum Gasteiger partial charge on any atom is 0.143 e. The first kappa shape index (κ1) is 16.5. The molecule has 2 aromatic rings. The Morgan fingerprint density at radius 2 is 1.90 bits per heavy atom. The molecule has 0 amide bonds. The van der Waals surface area contributed by atoms with E-state index < -0.39 is 0 Å². The number of anilines is 1. The molecule has 1 N–H and O–H groups in total. The average molecular weight is 413 g/mol. The van der Waals surface area contributed by atoms with Crippen molar-refractivity contribution in [2.24, 2.45) is 5.92 Å². The molecule has 0 fully saturated rings. The van der Waals surface area contributed by atoms with E-state index in [9.17, 15) is 0 Å². The van der Waals surface area contributed by atoms with Crippen LogP contribution in [-0.2, 0) is 5.75 Å². The Morgan fingerprint density at radius 3 is 2.52 bits per heavy atom. The third kappa shape index (κ3) is 4.57. The monoisotopic (exact) mass is 413 g/mol. The lowest BCUT2D eigenvalue weighted by atomic mass is 10.1. The first-order valence-electron chi connectivity index (χ1n) is 6.99. The van der Waals surface area contributed by atoms with E-state index in [1.165, 1.54) is 0 Å². The number of hydrogen-bond acceptors (Lipinski definition) is 4. The number of rotatable bonds is 6. The van der Waals surface area contributed by atoms with Crippen molar-refractivity contribution in [3.8, 4) is 11.3 Å². The van der Waals surface area contributed by atoms with Crippen molar-refractivity contribution in [1.82, 2.24) is 9.97 Å². The number of aromatic nitrogens is 2. The predicted molar refractivity (Wildman–Crippen MR) is 101 cm³/mol. The Bertz CT molecular complexity index is 588. The second kappa shape index (κ2) is 7.98. The molecule has 0 radical (unpaired) electrons. The van der Waals surface area contributed by atoms with Gasteiger partial charge in [0.25, 0.3) is 0 Å². The summed E-state index contributed by atoms with van der Waals surface area (Å²) >= 11 is 4.20.